The maximum absolute atomic E-state index is 5.89. The van der Waals surface area contributed by atoms with Crippen LogP contribution in [0.5, 0.6) is 11.6 Å². The zero-order chi connectivity index (χ0) is 13.7. The fourth-order valence-corrected chi connectivity index (χ4v) is 1.97. The molecule has 1 aromatic heterocycles. The number of benzene rings is 1. The average Bonchev–Trinajstić information content (AvgIpc) is 2.41. The zero-order valence-corrected chi connectivity index (χ0v) is 11.6. The van der Waals surface area contributed by atoms with Crippen LogP contribution < -0.4 is 10.1 Å². The number of aromatic nitrogens is 2. The van der Waals surface area contributed by atoms with E-state index in [1.807, 2.05) is 38.2 Å². The van der Waals surface area contributed by atoms with E-state index in [2.05, 4.69) is 22.2 Å². The Morgan fingerprint density at radius 1 is 1.26 bits per heavy atom. The van der Waals surface area contributed by atoms with Gasteiger partial charge in [0.1, 0.15) is 17.9 Å². The van der Waals surface area contributed by atoms with Gasteiger partial charge in [-0.05, 0) is 31.0 Å². The van der Waals surface area contributed by atoms with Gasteiger partial charge in [0.15, 0.2) is 0 Å². The summed E-state index contributed by atoms with van der Waals surface area (Å²) < 4.78 is 5.89. The molecule has 0 spiro atoms. The molecule has 0 amide bonds. The van der Waals surface area contributed by atoms with Crippen molar-refractivity contribution in [3.05, 3.63) is 41.7 Å². The monoisotopic (exact) mass is 257 g/mol. The molecule has 0 saturated heterocycles. The summed E-state index contributed by atoms with van der Waals surface area (Å²) in [5.74, 6) is 2.27. The lowest BCUT2D eigenvalue weighted by molar-refractivity contribution is 0.454. The molecule has 0 bridgehead atoms. The van der Waals surface area contributed by atoms with Gasteiger partial charge in [-0.15, -0.1) is 0 Å². The first-order valence-corrected chi connectivity index (χ1v) is 6.50. The number of hydrogen-bond donors (Lipinski definition) is 1. The number of hydrogen-bond acceptors (Lipinski definition) is 4. The van der Waals surface area contributed by atoms with E-state index in [-0.39, 0.29) is 0 Å². The maximum Gasteiger partial charge on any atom is 0.227 e. The van der Waals surface area contributed by atoms with Gasteiger partial charge in [-0.1, -0.05) is 25.5 Å². The van der Waals surface area contributed by atoms with Crippen molar-refractivity contribution in [3.63, 3.8) is 0 Å². The van der Waals surface area contributed by atoms with Gasteiger partial charge in [-0.3, -0.25) is 0 Å². The first kappa shape index (κ1) is 13.3. The molecule has 0 aliphatic carbocycles. The van der Waals surface area contributed by atoms with Crippen LogP contribution in [-0.4, -0.2) is 17.0 Å². The predicted molar refractivity (Wildman–Crippen MR) is 76.8 cm³/mol. The van der Waals surface area contributed by atoms with Crippen LogP contribution >= 0.6 is 0 Å². The summed E-state index contributed by atoms with van der Waals surface area (Å²) in [6.45, 7) is 4.17. The van der Waals surface area contributed by atoms with Crippen molar-refractivity contribution in [1.29, 1.82) is 0 Å². The van der Waals surface area contributed by atoms with Gasteiger partial charge in [0, 0.05) is 7.05 Å². The second-order valence-corrected chi connectivity index (χ2v) is 4.42. The minimum absolute atomic E-state index is 0.631. The summed E-state index contributed by atoms with van der Waals surface area (Å²) in [6, 6.07) is 7.95. The molecule has 2 rings (SSSR count). The Morgan fingerprint density at radius 3 is 2.79 bits per heavy atom. The molecular formula is C15H19N3O. The van der Waals surface area contributed by atoms with Gasteiger partial charge < -0.3 is 10.1 Å². The summed E-state index contributed by atoms with van der Waals surface area (Å²) in [4.78, 5) is 8.49. The largest absolute Gasteiger partial charge is 0.439 e. The van der Waals surface area contributed by atoms with E-state index < -0.39 is 0 Å². The van der Waals surface area contributed by atoms with Crippen LogP contribution in [0.1, 0.15) is 24.5 Å². The van der Waals surface area contributed by atoms with Gasteiger partial charge in [0.25, 0.3) is 0 Å². The highest BCUT2D eigenvalue weighted by Crippen LogP contribution is 2.28. The fourth-order valence-electron chi connectivity index (χ4n) is 1.97. The smallest absolute Gasteiger partial charge is 0.227 e. The predicted octanol–water partition coefficient (Wildman–Crippen LogP) is 3.57. The van der Waals surface area contributed by atoms with Gasteiger partial charge in [-0.2, -0.15) is 0 Å². The molecule has 100 valence electrons. The molecule has 0 atom stereocenters. The second-order valence-electron chi connectivity index (χ2n) is 4.42. The standard InChI is InChI=1S/C15H19N3O/c1-4-6-13-14(16-3)17-10-18-15(13)19-12-8-5-7-11(2)9-12/h5,7-10H,4,6H2,1-3H3,(H,16,17,18). The molecule has 0 fully saturated rings. The van der Waals surface area contributed by atoms with Crippen LogP contribution in [0.4, 0.5) is 5.82 Å². The molecule has 0 saturated carbocycles. The minimum atomic E-state index is 0.631. The van der Waals surface area contributed by atoms with E-state index in [1.54, 1.807) is 0 Å². The Bertz CT molecular complexity index is 555. The summed E-state index contributed by atoms with van der Waals surface area (Å²) in [5, 5.41) is 3.09. The highest BCUT2D eigenvalue weighted by Gasteiger charge is 2.11. The molecule has 4 heteroatoms. The SMILES string of the molecule is CCCc1c(NC)ncnc1Oc1cccc(C)c1. The zero-order valence-electron chi connectivity index (χ0n) is 11.6. The molecule has 0 aliphatic heterocycles. The lowest BCUT2D eigenvalue weighted by Crippen LogP contribution is -2.03. The number of ether oxygens (including phenoxy) is 1. The van der Waals surface area contributed by atoms with Crippen LogP contribution in [0.2, 0.25) is 0 Å². The van der Waals surface area contributed by atoms with E-state index >= 15 is 0 Å². The minimum Gasteiger partial charge on any atom is -0.439 e. The lowest BCUT2D eigenvalue weighted by atomic mass is 10.1. The molecule has 0 unspecified atom stereocenters. The van der Waals surface area contributed by atoms with Crippen LogP contribution in [0.25, 0.3) is 0 Å². The van der Waals surface area contributed by atoms with Gasteiger partial charge in [0.2, 0.25) is 5.88 Å². The summed E-state index contributed by atoms with van der Waals surface area (Å²) in [7, 11) is 1.86. The summed E-state index contributed by atoms with van der Waals surface area (Å²) >= 11 is 0. The lowest BCUT2D eigenvalue weighted by Gasteiger charge is -2.12. The molecule has 2 aromatic rings. The van der Waals surface area contributed by atoms with E-state index in [9.17, 15) is 0 Å². The summed E-state index contributed by atoms with van der Waals surface area (Å²) in [6.07, 6.45) is 3.43. The molecule has 19 heavy (non-hydrogen) atoms. The normalized spacial score (nSPS) is 10.3. The van der Waals surface area contributed by atoms with Crippen LogP contribution in [0.3, 0.4) is 0 Å². The number of anilines is 1. The Hall–Kier alpha value is -2.10. The van der Waals surface area contributed by atoms with E-state index in [4.69, 9.17) is 4.74 Å². The average molecular weight is 257 g/mol. The topological polar surface area (TPSA) is 47.0 Å². The molecule has 1 heterocycles. The third kappa shape index (κ3) is 3.22. The number of aryl methyl sites for hydroxylation is 1. The number of nitrogens with zero attached hydrogens (tertiary/aromatic N) is 2. The molecule has 4 nitrogen and oxygen atoms in total. The van der Waals surface area contributed by atoms with Crippen molar-refractivity contribution < 1.29 is 4.74 Å². The Labute approximate surface area is 113 Å². The van der Waals surface area contributed by atoms with E-state index in [1.165, 1.54) is 6.33 Å². The Morgan fingerprint density at radius 2 is 2.11 bits per heavy atom. The Kier molecular flexibility index (Phi) is 4.34. The maximum atomic E-state index is 5.89. The van der Waals surface area contributed by atoms with Crippen molar-refractivity contribution in [2.24, 2.45) is 0 Å². The highest BCUT2D eigenvalue weighted by atomic mass is 16.5. The summed E-state index contributed by atoms with van der Waals surface area (Å²) in [5.41, 5.74) is 2.19. The quantitative estimate of drug-likeness (QED) is 0.889. The van der Waals surface area contributed by atoms with Gasteiger partial charge in [-0.25, -0.2) is 9.97 Å². The van der Waals surface area contributed by atoms with Crippen molar-refractivity contribution in [2.75, 3.05) is 12.4 Å². The van der Waals surface area contributed by atoms with Crippen LogP contribution in [0.15, 0.2) is 30.6 Å². The number of rotatable bonds is 5. The molecule has 0 radical (unpaired) electrons. The molecule has 0 aliphatic rings. The number of nitrogens with one attached hydrogen (secondary N) is 1. The molecular weight excluding hydrogens is 238 g/mol. The van der Waals surface area contributed by atoms with Gasteiger partial charge >= 0.3 is 0 Å². The van der Waals surface area contributed by atoms with Crippen molar-refractivity contribution >= 4 is 5.82 Å². The molecule has 1 aromatic carbocycles. The molecule has 1 N–H and O–H groups in total. The van der Waals surface area contributed by atoms with Crippen molar-refractivity contribution in [1.82, 2.24) is 9.97 Å². The van der Waals surface area contributed by atoms with Gasteiger partial charge in [0.05, 0.1) is 5.56 Å². The third-order valence-electron chi connectivity index (χ3n) is 2.85. The first-order valence-electron chi connectivity index (χ1n) is 6.50. The Balaban J connectivity index is 2.33. The fraction of sp³-hybridized carbons (Fsp3) is 0.333. The van der Waals surface area contributed by atoms with Crippen LogP contribution in [-0.2, 0) is 6.42 Å². The van der Waals surface area contributed by atoms with E-state index in [0.29, 0.717) is 5.88 Å². The van der Waals surface area contributed by atoms with Crippen molar-refractivity contribution in [2.45, 2.75) is 26.7 Å². The van der Waals surface area contributed by atoms with Crippen LogP contribution in [0, 0.1) is 6.92 Å². The first-order chi connectivity index (χ1) is 9.24. The second kappa shape index (κ2) is 6.18. The highest BCUT2D eigenvalue weighted by molar-refractivity contribution is 5.49. The van der Waals surface area contributed by atoms with E-state index in [0.717, 1.165) is 35.5 Å². The third-order valence-corrected chi connectivity index (χ3v) is 2.85. The van der Waals surface area contributed by atoms with Crippen molar-refractivity contribution in [3.8, 4) is 11.6 Å².